The average Bonchev–Trinajstić information content (AvgIpc) is 3.72. The van der Waals surface area contributed by atoms with Gasteiger partial charge in [0.05, 0.1) is 11.1 Å². The number of ether oxygens (including phenoxy) is 1. The number of aromatic nitrogens is 3. The van der Waals surface area contributed by atoms with Crippen molar-refractivity contribution in [1.82, 2.24) is 20.5 Å². The number of carbonyl (C=O) groups is 3. The van der Waals surface area contributed by atoms with E-state index in [1.807, 2.05) is 0 Å². The normalized spacial score (nSPS) is 13.3. The first-order chi connectivity index (χ1) is 20.8. The molecule has 5 aromatic rings. The van der Waals surface area contributed by atoms with E-state index in [9.17, 15) is 18.8 Å². The molecule has 3 aromatic carbocycles. The molecule has 12 heteroatoms. The van der Waals surface area contributed by atoms with Crippen LogP contribution in [0.3, 0.4) is 0 Å². The second kappa shape index (κ2) is 11.0. The molecule has 0 atom stereocenters. The fourth-order valence-corrected chi connectivity index (χ4v) is 4.67. The van der Waals surface area contributed by atoms with Gasteiger partial charge in [-0.05, 0) is 67.4 Å². The Balaban J connectivity index is 1.20. The zero-order valence-corrected chi connectivity index (χ0v) is 22.7. The number of H-pyrrole nitrogens is 1. The number of halogens is 2. The Bertz CT molecular complexity index is 1890. The summed E-state index contributed by atoms with van der Waals surface area (Å²) in [6.07, 6.45) is 2.13. The number of carbonyl (C=O) groups excluding carboxylic acids is 3. The van der Waals surface area contributed by atoms with Gasteiger partial charge in [0.2, 0.25) is 11.8 Å². The molecule has 43 heavy (non-hydrogen) atoms. The number of rotatable bonds is 8. The van der Waals surface area contributed by atoms with Crippen LogP contribution in [0.15, 0.2) is 79.0 Å². The predicted molar refractivity (Wildman–Crippen MR) is 155 cm³/mol. The standard InChI is InChI=1S/C31H24F2N6O4/c1-34-28(40)18-4-2-3-17(15-18)26-25-24(11-14-35-27(25)39-38-26)43-23-10-9-21(16-22(23)33)37-30(42)31(12-13-31)29(41)36-20-7-5-19(32)6-8-20/h2-11,14-16H,12-13H2,1H3,(H,34,40)(H,36,41)(H,37,42)(H,35,38,39). The lowest BCUT2D eigenvalue weighted by Gasteiger charge is -2.16. The van der Waals surface area contributed by atoms with Gasteiger partial charge in [-0.25, -0.2) is 13.8 Å². The summed E-state index contributed by atoms with van der Waals surface area (Å²) in [5, 5.41) is 15.5. The minimum atomic E-state index is -1.30. The van der Waals surface area contributed by atoms with E-state index in [2.05, 4.69) is 31.1 Å². The number of fused-ring (bicyclic) bond motifs is 1. The van der Waals surface area contributed by atoms with Gasteiger partial charge in [0.15, 0.2) is 17.2 Å². The SMILES string of the molecule is CNC(=O)c1cccc(-c2[nH]nc3nccc(Oc4ccc(NC(=O)C5(C(=O)Nc6ccc(F)cc6)CC5)cc4F)c23)c1. The van der Waals surface area contributed by atoms with E-state index in [1.54, 1.807) is 37.4 Å². The van der Waals surface area contributed by atoms with Crippen molar-refractivity contribution in [2.75, 3.05) is 17.7 Å². The third-order valence-corrected chi connectivity index (χ3v) is 7.19. The van der Waals surface area contributed by atoms with Gasteiger partial charge in [-0.1, -0.05) is 12.1 Å². The van der Waals surface area contributed by atoms with Gasteiger partial charge < -0.3 is 20.7 Å². The maximum Gasteiger partial charge on any atom is 0.251 e. The lowest BCUT2D eigenvalue weighted by atomic mass is 10.0. The van der Waals surface area contributed by atoms with Gasteiger partial charge in [-0.15, -0.1) is 0 Å². The summed E-state index contributed by atoms with van der Waals surface area (Å²) in [5.41, 5.74) is 1.16. The number of pyridine rings is 1. The molecule has 0 bridgehead atoms. The fraction of sp³-hybridized carbons (Fsp3) is 0.129. The van der Waals surface area contributed by atoms with Crippen LogP contribution < -0.4 is 20.7 Å². The van der Waals surface area contributed by atoms with Gasteiger partial charge in [-0.3, -0.25) is 19.5 Å². The highest BCUT2D eigenvalue weighted by Crippen LogP contribution is 2.47. The quantitative estimate of drug-likeness (QED) is 0.181. The monoisotopic (exact) mass is 582 g/mol. The topological polar surface area (TPSA) is 138 Å². The molecule has 3 amide bonds. The van der Waals surface area contributed by atoms with Gasteiger partial charge in [0.25, 0.3) is 5.91 Å². The molecule has 0 radical (unpaired) electrons. The van der Waals surface area contributed by atoms with E-state index in [0.29, 0.717) is 46.4 Å². The van der Waals surface area contributed by atoms with Crippen molar-refractivity contribution >= 4 is 40.1 Å². The number of aromatic amines is 1. The summed E-state index contributed by atoms with van der Waals surface area (Å²) in [7, 11) is 1.54. The zero-order valence-electron chi connectivity index (χ0n) is 22.7. The van der Waals surface area contributed by atoms with Crippen molar-refractivity contribution < 1.29 is 27.9 Å². The van der Waals surface area contributed by atoms with Crippen molar-refractivity contribution in [3.8, 4) is 22.8 Å². The van der Waals surface area contributed by atoms with Crippen LogP contribution >= 0.6 is 0 Å². The number of nitrogens with zero attached hydrogens (tertiary/aromatic N) is 2. The maximum atomic E-state index is 15.2. The minimum Gasteiger partial charge on any atom is -0.453 e. The highest BCUT2D eigenvalue weighted by atomic mass is 19.1. The molecule has 216 valence electrons. The first-order valence-electron chi connectivity index (χ1n) is 13.3. The van der Waals surface area contributed by atoms with Crippen molar-refractivity contribution in [2.24, 2.45) is 5.41 Å². The Labute approximate surface area is 243 Å². The van der Waals surface area contributed by atoms with Crippen molar-refractivity contribution in [2.45, 2.75) is 12.8 Å². The largest absolute Gasteiger partial charge is 0.453 e. The number of amides is 3. The van der Waals surface area contributed by atoms with Crippen molar-refractivity contribution in [3.05, 3.63) is 96.2 Å². The van der Waals surface area contributed by atoms with Gasteiger partial charge in [0, 0.05) is 41.8 Å². The average molecular weight is 583 g/mol. The first kappa shape index (κ1) is 27.5. The van der Waals surface area contributed by atoms with Crippen LogP contribution in [-0.2, 0) is 9.59 Å². The fourth-order valence-electron chi connectivity index (χ4n) is 4.67. The Kier molecular flexibility index (Phi) is 7.02. The molecule has 0 spiro atoms. The van der Waals surface area contributed by atoms with Crippen LogP contribution in [0.2, 0.25) is 0 Å². The van der Waals surface area contributed by atoms with Gasteiger partial charge in [-0.2, -0.15) is 5.10 Å². The highest BCUT2D eigenvalue weighted by molar-refractivity contribution is 6.17. The summed E-state index contributed by atoms with van der Waals surface area (Å²) >= 11 is 0. The van der Waals surface area contributed by atoms with E-state index in [0.717, 1.165) is 6.07 Å². The van der Waals surface area contributed by atoms with Crippen LogP contribution in [-0.4, -0.2) is 40.0 Å². The molecule has 2 aromatic heterocycles. The Morgan fingerprint density at radius 1 is 0.884 bits per heavy atom. The zero-order chi connectivity index (χ0) is 30.1. The van der Waals surface area contributed by atoms with Gasteiger partial charge >= 0.3 is 0 Å². The predicted octanol–water partition coefficient (Wildman–Crippen LogP) is 5.41. The van der Waals surface area contributed by atoms with Crippen LogP contribution in [0.1, 0.15) is 23.2 Å². The van der Waals surface area contributed by atoms with Crippen molar-refractivity contribution in [1.29, 1.82) is 0 Å². The molecule has 0 saturated heterocycles. The molecular formula is C31H24F2N6O4. The molecule has 2 heterocycles. The number of nitrogens with one attached hydrogen (secondary N) is 4. The highest BCUT2D eigenvalue weighted by Gasteiger charge is 2.56. The molecule has 1 aliphatic rings. The summed E-state index contributed by atoms with van der Waals surface area (Å²) in [5.74, 6) is -2.40. The molecule has 4 N–H and O–H groups in total. The summed E-state index contributed by atoms with van der Waals surface area (Å²) in [6, 6.07) is 17.6. The molecular weight excluding hydrogens is 558 g/mol. The number of hydrogen-bond acceptors (Lipinski definition) is 6. The van der Waals surface area contributed by atoms with E-state index < -0.39 is 28.9 Å². The number of benzene rings is 3. The minimum absolute atomic E-state index is 0.119. The van der Waals surface area contributed by atoms with E-state index in [4.69, 9.17) is 4.74 Å². The third kappa shape index (κ3) is 5.37. The number of anilines is 2. The molecule has 1 aliphatic carbocycles. The second-order valence-corrected chi connectivity index (χ2v) is 10.0. The lowest BCUT2D eigenvalue weighted by Crippen LogP contribution is -2.35. The first-order valence-corrected chi connectivity index (χ1v) is 13.3. The number of hydrogen-bond donors (Lipinski definition) is 4. The van der Waals surface area contributed by atoms with E-state index in [1.165, 1.54) is 42.6 Å². The molecule has 6 rings (SSSR count). The van der Waals surface area contributed by atoms with Crippen molar-refractivity contribution in [3.63, 3.8) is 0 Å². The third-order valence-electron chi connectivity index (χ3n) is 7.19. The van der Waals surface area contributed by atoms with Crippen LogP contribution in [0.25, 0.3) is 22.3 Å². The van der Waals surface area contributed by atoms with Gasteiger partial charge in [0.1, 0.15) is 17.0 Å². The summed E-state index contributed by atoms with van der Waals surface area (Å²) in [6.45, 7) is 0. The van der Waals surface area contributed by atoms with E-state index in [-0.39, 0.29) is 23.1 Å². The second-order valence-electron chi connectivity index (χ2n) is 10.0. The molecule has 1 fully saturated rings. The lowest BCUT2D eigenvalue weighted by molar-refractivity contribution is -0.131. The Morgan fingerprint density at radius 2 is 1.60 bits per heavy atom. The summed E-state index contributed by atoms with van der Waals surface area (Å²) in [4.78, 5) is 42.2. The molecule has 1 saturated carbocycles. The molecule has 0 unspecified atom stereocenters. The summed E-state index contributed by atoms with van der Waals surface area (Å²) < 4.78 is 34.4. The van der Waals surface area contributed by atoms with Crippen LogP contribution in [0, 0.1) is 17.0 Å². The van der Waals surface area contributed by atoms with Crippen LogP contribution in [0.4, 0.5) is 20.2 Å². The Hall–Kier alpha value is -5.65. The smallest absolute Gasteiger partial charge is 0.251 e. The van der Waals surface area contributed by atoms with E-state index >= 15 is 4.39 Å². The Morgan fingerprint density at radius 3 is 2.30 bits per heavy atom. The molecule has 0 aliphatic heterocycles. The van der Waals surface area contributed by atoms with Crippen LogP contribution in [0.5, 0.6) is 11.5 Å². The maximum absolute atomic E-state index is 15.2. The molecule has 10 nitrogen and oxygen atoms in total.